The number of aromatic nitrogens is 1. The molecule has 0 radical (unpaired) electrons. The number of benzene rings is 2. The number of ether oxygens (including phenoxy) is 1. The van der Waals surface area contributed by atoms with Gasteiger partial charge in [0.15, 0.2) is 4.80 Å². The summed E-state index contributed by atoms with van der Waals surface area (Å²) in [6.07, 6.45) is 1.63. The van der Waals surface area contributed by atoms with Crippen molar-refractivity contribution in [3.05, 3.63) is 114 Å². The molecule has 2 aromatic heterocycles. The Morgan fingerprint density at radius 1 is 1.11 bits per heavy atom. The van der Waals surface area contributed by atoms with E-state index < -0.39 is 18.0 Å². The summed E-state index contributed by atoms with van der Waals surface area (Å²) >= 11 is 1.20. The summed E-state index contributed by atoms with van der Waals surface area (Å²) in [5.74, 6) is -0.593. The van der Waals surface area contributed by atoms with Crippen LogP contribution >= 0.6 is 11.3 Å². The summed E-state index contributed by atoms with van der Waals surface area (Å²) in [6.45, 7) is 5.41. The minimum Gasteiger partial charge on any atom is -0.478 e. The smallest absolute Gasteiger partial charge is 0.338 e. The molecule has 1 N–H and O–H groups in total. The first-order valence-electron chi connectivity index (χ1n) is 12.0. The Kier molecular flexibility index (Phi) is 6.69. The zero-order chi connectivity index (χ0) is 27.0. The number of thiazole rings is 1. The molecule has 0 bridgehead atoms. The Bertz CT molecular complexity index is 1780. The van der Waals surface area contributed by atoms with Gasteiger partial charge in [0.2, 0.25) is 0 Å². The molecule has 1 aliphatic rings. The molecule has 4 aromatic rings. The summed E-state index contributed by atoms with van der Waals surface area (Å²) in [7, 11) is 0. The average molecular weight is 529 g/mol. The number of hydrogen-bond acceptors (Lipinski definition) is 7. The fourth-order valence-corrected chi connectivity index (χ4v) is 5.61. The fraction of sp³-hybridized carbons (Fsp3) is 0.172. The number of carbonyl (C=O) groups excluding carboxylic acids is 1. The first-order valence-corrected chi connectivity index (χ1v) is 12.8. The maximum atomic E-state index is 13.7. The Morgan fingerprint density at radius 3 is 2.58 bits per heavy atom. The van der Waals surface area contributed by atoms with E-state index in [9.17, 15) is 19.5 Å². The monoisotopic (exact) mass is 528 g/mol. The SMILES string of the molecule is CCOC(=O)C1=C(C)N=c2sc(=Cc3ccc(-c4cccc(C(=O)O)c4C)o3)c(=O)n2C1c1ccccc1. The van der Waals surface area contributed by atoms with Gasteiger partial charge in [-0.15, -0.1) is 0 Å². The molecule has 2 aromatic carbocycles. The summed E-state index contributed by atoms with van der Waals surface area (Å²) in [5, 5.41) is 9.44. The largest absolute Gasteiger partial charge is 0.478 e. The van der Waals surface area contributed by atoms with Gasteiger partial charge in [-0.25, -0.2) is 14.6 Å². The van der Waals surface area contributed by atoms with E-state index in [2.05, 4.69) is 4.99 Å². The average Bonchev–Trinajstić information content (AvgIpc) is 3.48. The van der Waals surface area contributed by atoms with Gasteiger partial charge in [0, 0.05) is 11.6 Å². The van der Waals surface area contributed by atoms with Crippen LogP contribution < -0.4 is 14.9 Å². The van der Waals surface area contributed by atoms with Crippen molar-refractivity contribution in [3.8, 4) is 11.3 Å². The number of nitrogens with zero attached hydrogens (tertiary/aromatic N) is 2. The predicted octanol–water partition coefficient (Wildman–Crippen LogP) is 4.06. The third-order valence-corrected chi connectivity index (χ3v) is 7.35. The third-order valence-electron chi connectivity index (χ3n) is 6.36. The fourth-order valence-electron chi connectivity index (χ4n) is 4.58. The molecule has 0 spiro atoms. The van der Waals surface area contributed by atoms with Crippen molar-refractivity contribution in [2.45, 2.75) is 26.8 Å². The molecule has 0 fully saturated rings. The Hall–Kier alpha value is -4.50. The second kappa shape index (κ2) is 10.1. The number of carboxylic acids is 1. The van der Waals surface area contributed by atoms with Crippen LogP contribution in [0.3, 0.4) is 0 Å². The number of carbonyl (C=O) groups is 2. The molecule has 1 unspecified atom stereocenters. The highest BCUT2D eigenvalue weighted by atomic mass is 32.1. The van der Waals surface area contributed by atoms with E-state index in [4.69, 9.17) is 9.15 Å². The molecule has 0 saturated carbocycles. The van der Waals surface area contributed by atoms with Crippen molar-refractivity contribution in [3.63, 3.8) is 0 Å². The van der Waals surface area contributed by atoms with E-state index in [1.54, 1.807) is 57.2 Å². The molecule has 0 aliphatic carbocycles. The van der Waals surface area contributed by atoms with Gasteiger partial charge in [-0.1, -0.05) is 53.8 Å². The summed E-state index contributed by atoms with van der Waals surface area (Å²) < 4.78 is 13.2. The molecule has 192 valence electrons. The summed E-state index contributed by atoms with van der Waals surface area (Å²) in [6, 6.07) is 17.1. The lowest BCUT2D eigenvalue weighted by molar-refractivity contribution is -0.139. The number of fused-ring (bicyclic) bond motifs is 1. The first-order chi connectivity index (χ1) is 18.3. The minimum absolute atomic E-state index is 0.197. The number of hydrogen-bond donors (Lipinski definition) is 1. The van der Waals surface area contributed by atoms with E-state index in [1.807, 2.05) is 30.3 Å². The van der Waals surface area contributed by atoms with Crippen molar-refractivity contribution >= 4 is 29.4 Å². The second-order valence-electron chi connectivity index (χ2n) is 8.70. The van der Waals surface area contributed by atoms with Gasteiger partial charge in [-0.2, -0.15) is 0 Å². The Morgan fingerprint density at radius 2 is 1.87 bits per heavy atom. The Balaban J connectivity index is 1.62. The van der Waals surface area contributed by atoms with E-state index >= 15 is 0 Å². The van der Waals surface area contributed by atoms with Crippen molar-refractivity contribution in [2.24, 2.45) is 4.99 Å². The molecule has 9 heteroatoms. The highest BCUT2D eigenvalue weighted by Crippen LogP contribution is 2.31. The van der Waals surface area contributed by atoms with Crippen LogP contribution in [0.4, 0.5) is 0 Å². The van der Waals surface area contributed by atoms with Crippen LogP contribution in [0.5, 0.6) is 0 Å². The number of esters is 1. The normalized spacial score (nSPS) is 15.2. The molecule has 8 nitrogen and oxygen atoms in total. The number of allylic oxidation sites excluding steroid dienone is 1. The zero-order valence-corrected chi connectivity index (χ0v) is 21.7. The molecular weight excluding hydrogens is 504 g/mol. The molecule has 0 saturated heterocycles. The van der Waals surface area contributed by atoms with Crippen LogP contribution in [0, 0.1) is 6.92 Å². The van der Waals surface area contributed by atoms with Crippen molar-refractivity contribution in [1.29, 1.82) is 0 Å². The summed E-state index contributed by atoms with van der Waals surface area (Å²) in [5.41, 5.74) is 2.73. The van der Waals surface area contributed by atoms with Gasteiger partial charge in [0.1, 0.15) is 11.5 Å². The van der Waals surface area contributed by atoms with Crippen molar-refractivity contribution in [2.75, 3.05) is 6.61 Å². The molecule has 5 rings (SSSR count). The van der Waals surface area contributed by atoms with Crippen LogP contribution in [0.1, 0.15) is 47.1 Å². The van der Waals surface area contributed by atoms with Gasteiger partial charge in [-0.3, -0.25) is 9.36 Å². The van der Waals surface area contributed by atoms with Crippen LogP contribution in [0.15, 0.2) is 86.1 Å². The number of rotatable bonds is 6. The number of carboxylic acid groups (broad SMARTS) is 1. The zero-order valence-electron chi connectivity index (χ0n) is 20.9. The third kappa shape index (κ3) is 4.41. The molecular formula is C29H24N2O6S. The lowest BCUT2D eigenvalue weighted by Crippen LogP contribution is -2.39. The topological polar surface area (TPSA) is 111 Å². The van der Waals surface area contributed by atoms with Gasteiger partial charge in [-0.05, 0) is 50.1 Å². The quantitative estimate of drug-likeness (QED) is 0.378. The summed E-state index contributed by atoms with van der Waals surface area (Å²) in [4.78, 5) is 43.2. The Labute approximate surface area is 221 Å². The standard InChI is InChI=1S/C29H24N2O6S/c1-4-36-28(35)24-17(3)30-29-31(25(24)18-9-6-5-7-10-18)26(32)23(38-29)15-19-13-14-22(37-19)20-11-8-12-21(16(20)2)27(33)34/h5-15,25H,4H2,1-3H3,(H,33,34). The maximum absolute atomic E-state index is 13.7. The van der Waals surface area contributed by atoms with E-state index in [-0.39, 0.29) is 17.7 Å². The molecule has 0 amide bonds. The highest BCUT2D eigenvalue weighted by Gasteiger charge is 2.33. The van der Waals surface area contributed by atoms with Gasteiger partial charge < -0.3 is 14.3 Å². The van der Waals surface area contributed by atoms with E-state index in [1.165, 1.54) is 15.9 Å². The predicted molar refractivity (Wildman–Crippen MR) is 143 cm³/mol. The van der Waals surface area contributed by atoms with Crippen LogP contribution in [0.2, 0.25) is 0 Å². The maximum Gasteiger partial charge on any atom is 0.338 e. The van der Waals surface area contributed by atoms with Crippen LogP contribution in [-0.4, -0.2) is 28.2 Å². The second-order valence-corrected chi connectivity index (χ2v) is 9.71. The van der Waals surface area contributed by atoms with Crippen LogP contribution in [0.25, 0.3) is 17.4 Å². The molecule has 38 heavy (non-hydrogen) atoms. The molecule has 1 atom stereocenters. The molecule has 3 heterocycles. The lowest BCUT2D eigenvalue weighted by atomic mass is 9.96. The van der Waals surface area contributed by atoms with Gasteiger partial charge in [0.25, 0.3) is 5.56 Å². The highest BCUT2D eigenvalue weighted by molar-refractivity contribution is 7.07. The molecule has 1 aliphatic heterocycles. The van der Waals surface area contributed by atoms with Crippen molar-refractivity contribution < 1.29 is 23.8 Å². The van der Waals surface area contributed by atoms with E-state index in [0.29, 0.717) is 43.3 Å². The van der Waals surface area contributed by atoms with Crippen LogP contribution in [-0.2, 0) is 9.53 Å². The first kappa shape index (κ1) is 25.2. The van der Waals surface area contributed by atoms with Crippen molar-refractivity contribution in [1.82, 2.24) is 4.57 Å². The van der Waals surface area contributed by atoms with E-state index in [0.717, 1.165) is 5.56 Å². The minimum atomic E-state index is -1.01. The van der Waals surface area contributed by atoms with Gasteiger partial charge >= 0.3 is 11.9 Å². The van der Waals surface area contributed by atoms with Gasteiger partial charge in [0.05, 0.1) is 34.0 Å². The number of aromatic carboxylic acids is 1. The lowest BCUT2D eigenvalue weighted by Gasteiger charge is -2.24. The number of furan rings is 1.